The van der Waals surface area contributed by atoms with E-state index in [0.29, 0.717) is 13.1 Å². The molecule has 2 N–H and O–H groups in total. The van der Waals surface area contributed by atoms with Crippen LogP contribution in [0.15, 0.2) is 18.0 Å². The Balaban J connectivity index is 2.20. The summed E-state index contributed by atoms with van der Waals surface area (Å²) in [4.78, 5) is 30.7. The van der Waals surface area contributed by atoms with Crippen molar-refractivity contribution in [1.29, 1.82) is 0 Å². The number of aromatic amines is 1. The lowest BCUT2D eigenvalue weighted by molar-refractivity contribution is 0.0671. The first-order valence-corrected chi connectivity index (χ1v) is 5.31. The van der Waals surface area contributed by atoms with E-state index in [1.54, 1.807) is 4.90 Å². The highest BCUT2D eigenvalue weighted by atomic mass is 16.4. The van der Waals surface area contributed by atoms with E-state index in [-0.39, 0.29) is 17.3 Å². The Kier molecular flexibility index (Phi) is 2.95. The van der Waals surface area contributed by atoms with Crippen LogP contribution in [-0.4, -0.2) is 44.9 Å². The minimum absolute atomic E-state index is 0.0227. The van der Waals surface area contributed by atoms with Crippen LogP contribution in [-0.2, 0) is 0 Å². The van der Waals surface area contributed by atoms with Gasteiger partial charge in [0.25, 0.3) is 5.91 Å². The van der Waals surface area contributed by atoms with Crippen LogP contribution >= 0.6 is 0 Å². The Hall–Kier alpha value is -2.11. The Bertz CT molecular complexity index is 490. The second-order valence-corrected chi connectivity index (χ2v) is 3.98. The van der Waals surface area contributed by atoms with Crippen molar-refractivity contribution in [2.45, 2.75) is 13.3 Å². The molecule has 0 unspecified atom stereocenters. The lowest BCUT2D eigenvalue weighted by Gasteiger charge is -2.24. The fourth-order valence-corrected chi connectivity index (χ4v) is 1.72. The maximum absolute atomic E-state index is 12.0. The van der Waals surface area contributed by atoms with Gasteiger partial charge in [0, 0.05) is 13.1 Å². The van der Waals surface area contributed by atoms with Crippen molar-refractivity contribution in [3.8, 4) is 0 Å². The van der Waals surface area contributed by atoms with E-state index >= 15 is 0 Å². The summed E-state index contributed by atoms with van der Waals surface area (Å²) in [5.74, 6) is -1.51. The van der Waals surface area contributed by atoms with E-state index in [9.17, 15) is 9.59 Å². The lowest BCUT2D eigenvalue weighted by atomic mass is 10.1. The third kappa shape index (κ3) is 2.20. The largest absolute Gasteiger partial charge is 0.477 e. The van der Waals surface area contributed by atoms with Gasteiger partial charge in [0.1, 0.15) is 0 Å². The summed E-state index contributed by atoms with van der Waals surface area (Å²) in [6.45, 7) is 3.13. The summed E-state index contributed by atoms with van der Waals surface area (Å²) < 4.78 is 0. The predicted molar refractivity (Wildman–Crippen MR) is 59.8 cm³/mol. The SMILES string of the molecule is CC1=CCN(C(=O)c2nc[nH]c2C(=O)O)CC1. The topological polar surface area (TPSA) is 86.3 Å². The second-order valence-electron chi connectivity index (χ2n) is 3.98. The lowest BCUT2D eigenvalue weighted by Crippen LogP contribution is -2.35. The molecule has 90 valence electrons. The molecule has 1 aliphatic heterocycles. The summed E-state index contributed by atoms with van der Waals surface area (Å²) >= 11 is 0. The molecule has 0 saturated carbocycles. The summed E-state index contributed by atoms with van der Waals surface area (Å²) in [7, 11) is 0. The van der Waals surface area contributed by atoms with Gasteiger partial charge in [-0.25, -0.2) is 9.78 Å². The fourth-order valence-electron chi connectivity index (χ4n) is 1.72. The zero-order valence-electron chi connectivity index (χ0n) is 9.43. The van der Waals surface area contributed by atoms with Gasteiger partial charge in [-0.15, -0.1) is 0 Å². The molecular weight excluding hydrogens is 222 g/mol. The van der Waals surface area contributed by atoms with Gasteiger partial charge in [-0.05, 0) is 13.3 Å². The zero-order valence-corrected chi connectivity index (χ0v) is 9.43. The van der Waals surface area contributed by atoms with Gasteiger partial charge in [-0.3, -0.25) is 4.79 Å². The van der Waals surface area contributed by atoms with Gasteiger partial charge in [-0.2, -0.15) is 0 Å². The molecule has 0 fully saturated rings. The number of carboxylic acid groups (broad SMARTS) is 1. The summed E-state index contributed by atoms with van der Waals surface area (Å²) in [5.41, 5.74) is 1.07. The van der Waals surface area contributed by atoms with Crippen LogP contribution in [0.1, 0.15) is 34.3 Å². The molecule has 0 radical (unpaired) electrons. The molecule has 0 atom stereocenters. The maximum atomic E-state index is 12.0. The molecule has 0 spiro atoms. The Morgan fingerprint density at radius 2 is 2.29 bits per heavy atom. The number of aromatic carboxylic acids is 1. The summed E-state index contributed by atoms with van der Waals surface area (Å²) in [5, 5.41) is 8.89. The quantitative estimate of drug-likeness (QED) is 0.746. The van der Waals surface area contributed by atoms with Crippen LogP contribution in [0.4, 0.5) is 0 Å². The number of nitrogens with one attached hydrogen (secondary N) is 1. The van der Waals surface area contributed by atoms with Crippen molar-refractivity contribution in [1.82, 2.24) is 14.9 Å². The first kappa shape index (κ1) is 11.4. The molecule has 0 aromatic carbocycles. The molecule has 17 heavy (non-hydrogen) atoms. The monoisotopic (exact) mass is 235 g/mol. The number of carbonyl (C=O) groups is 2. The minimum atomic E-state index is -1.17. The molecule has 2 rings (SSSR count). The van der Waals surface area contributed by atoms with Gasteiger partial charge in [0.05, 0.1) is 6.33 Å². The number of amides is 1. The molecule has 1 aromatic rings. The molecule has 0 bridgehead atoms. The van der Waals surface area contributed by atoms with E-state index in [1.807, 2.05) is 13.0 Å². The van der Waals surface area contributed by atoms with E-state index in [4.69, 9.17) is 5.11 Å². The molecule has 2 heterocycles. The Labute approximate surface area is 98.0 Å². The van der Waals surface area contributed by atoms with Crippen molar-refractivity contribution < 1.29 is 14.7 Å². The van der Waals surface area contributed by atoms with Crippen LogP contribution in [0.3, 0.4) is 0 Å². The first-order chi connectivity index (χ1) is 8.09. The van der Waals surface area contributed by atoms with Crippen LogP contribution in [0.25, 0.3) is 0 Å². The zero-order chi connectivity index (χ0) is 12.4. The third-order valence-electron chi connectivity index (χ3n) is 2.78. The number of rotatable bonds is 2. The van der Waals surface area contributed by atoms with Crippen LogP contribution in [0.5, 0.6) is 0 Å². The van der Waals surface area contributed by atoms with Gasteiger partial charge in [0.2, 0.25) is 0 Å². The van der Waals surface area contributed by atoms with Gasteiger partial charge in [-0.1, -0.05) is 11.6 Å². The average Bonchev–Trinajstić information content (AvgIpc) is 2.78. The Morgan fingerprint density at radius 3 is 2.88 bits per heavy atom. The van der Waals surface area contributed by atoms with Crippen molar-refractivity contribution in [3.05, 3.63) is 29.4 Å². The fraction of sp³-hybridized carbons (Fsp3) is 0.364. The van der Waals surface area contributed by atoms with Gasteiger partial charge < -0.3 is 15.0 Å². The van der Waals surface area contributed by atoms with E-state index in [1.165, 1.54) is 11.9 Å². The molecule has 1 aromatic heterocycles. The number of nitrogens with zero attached hydrogens (tertiary/aromatic N) is 2. The highest BCUT2D eigenvalue weighted by Gasteiger charge is 2.25. The number of hydrogen-bond acceptors (Lipinski definition) is 3. The Morgan fingerprint density at radius 1 is 1.53 bits per heavy atom. The first-order valence-electron chi connectivity index (χ1n) is 5.31. The van der Waals surface area contributed by atoms with Crippen LogP contribution < -0.4 is 0 Å². The normalized spacial score (nSPS) is 15.6. The molecule has 0 saturated heterocycles. The smallest absolute Gasteiger partial charge is 0.354 e. The van der Waals surface area contributed by atoms with Crippen molar-refractivity contribution >= 4 is 11.9 Å². The van der Waals surface area contributed by atoms with E-state index in [0.717, 1.165) is 6.42 Å². The molecule has 6 nitrogen and oxygen atoms in total. The van der Waals surface area contributed by atoms with Crippen LogP contribution in [0.2, 0.25) is 0 Å². The van der Waals surface area contributed by atoms with Gasteiger partial charge >= 0.3 is 5.97 Å². The van der Waals surface area contributed by atoms with Crippen molar-refractivity contribution in [2.75, 3.05) is 13.1 Å². The number of carbonyl (C=O) groups excluding carboxylic acids is 1. The minimum Gasteiger partial charge on any atom is -0.477 e. The molecule has 6 heteroatoms. The molecular formula is C11H13N3O3. The van der Waals surface area contributed by atoms with E-state index < -0.39 is 5.97 Å². The molecule has 0 aliphatic carbocycles. The van der Waals surface area contributed by atoms with Gasteiger partial charge in [0.15, 0.2) is 11.4 Å². The number of aromatic nitrogens is 2. The van der Waals surface area contributed by atoms with Crippen molar-refractivity contribution in [2.24, 2.45) is 0 Å². The standard InChI is InChI=1S/C11H13N3O3/c1-7-2-4-14(5-3-7)10(15)8-9(11(16)17)13-6-12-8/h2,6H,3-5H2,1H3,(H,12,13)(H,16,17). The number of carboxylic acids is 1. The highest BCUT2D eigenvalue weighted by molar-refractivity contribution is 6.02. The summed E-state index contributed by atoms with van der Waals surface area (Å²) in [6, 6.07) is 0. The summed E-state index contributed by atoms with van der Waals surface area (Å²) in [6.07, 6.45) is 4.01. The maximum Gasteiger partial charge on any atom is 0.354 e. The third-order valence-corrected chi connectivity index (χ3v) is 2.78. The molecule has 1 aliphatic rings. The molecule has 1 amide bonds. The number of imidazole rings is 1. The highest BCUT2D eigenvalue weighted by Crippen LogP contribution is 2.13. The predicted octanol–water partition coefficient (Wildman–Crippen LogP) is 0.900. The second kappa shape index (κ2) is 4.40. The van der Waals surface area contributed by atoms with Crippen molar-refractivity contribution in [3.63, 3.8) is 0 Å². The number of hydrogen-bond donors (Lipinski definition) is 2. The van der Waals surface area contributed by atoms with E-state index in [2.05, 4.69) is 9.97 Å². The number of H-pyrrole nitrogens is 1. The average molecular weight is 235 g/mol. The van der Waals surface area contributed by atoms with Crippen LogP contribution in [0, 0.1) is 0 Å².